The fourth-order valence-electron chi connectivity index (χ4n) is 0.524. The first-order chi connectivity index (χ1) is 4.91. The second-order valence-electron chi connectivity index (χ2n) is 2.35. The molecule has 0 aromatic rings. The van der Waals surface area contributed by atoms with Gasteiger partial charge in [0.25, 0.3) is 0 Å². The molecule has 0 aliphatic rings. The normalized spacial score (nSPS) is 10.2. The molecule has 0 unspecified atom stereocenters. The molecular weight excluding hydrogens is 351 g/mol. The molecule has 0 nitrogen and oxygen atoms in total. The molecule has 0 radical (unpaired) electrons. The Bertz CT molecular complexity index is 47.2. The van der Waals surface area contributed by atoms with E-state index in [0.29, 0.717) is 34.1 Å². The van der Waals surface area contributed by atoms with Crippen LogP contribution in [-0.2, 0) is 0 Å². The third-order valence-electron chi connectivity index (χ3n) is 1.25. The SMILES string of the molecule is CCCC[Te][Te]CCCC. The average Bonchev–Trinajstić information content (AvgIpc) is 1.97. The molecule has 0 aliphatic carbocycles. The van der Waals surface area contributed by atoms with Crippen LogP contribution in [0.1, 0.15) is 39.5 Å². The van der Waals surface area contributed by atoms with Crippen LogP contribution in [-0.4, -0.2) is 34.1 Å². The van der Waals surface area contributed by atoms with Crippen LogP contribution in [0.3, 0.4) is 0 Å². The number of unbranched alkanes of at least 4 members (excludes halogenated alkanes) is 2. The van der Waals surface area contributed by atoms with Crippen LogP contribution in [0.5, 0.6) is 0 Å². The predicted molar refractivity (Wildman–Crippen MR) is 50.9 cm³/mol. The minimum absolute atomic E-state index is 0.580. The van der Waals surface area contributed by atoms with E-state index in [1.807, 2.05) is 0 Å². The van der Waals surface area contributed by atoms with Gasteiger partial charge in [-0.05, 0) is 0 Å². The summed E-state index contributed by atoms with van der Waals surface area (Å²) in [7, 11) is 0. The van der Waals surface area contributed by atoms with Crippen molar-refractivity contribution < 1.29 is 0 Å². The van der Waals surface area contributed by atoms with Crippen molar-refractivity contribution in [3.05, 3.63) is 0 Å². The molecule has 0 heterocycles. The fraction of sp³-hybridized carbons (Fsp3) is 1.00. The molecule has 0 amide bonds. The number of rotatable bonds is 7. The van der Waals surface area contributed by atoms with Gasteiger partial charge in [0.2, 0.25) is 0 Å². The van der Waals surface area contributed by atoms with Gasteiger partial charge in [0.1, 0.15) is 0 Å². The molecule has 0 aromatic carbocycles. The van der Waals surface area contributed by atoms with E-state index < -0.39 is 0 Å². The Morgan fingerprint density at radius 1 is 0.800 bits per heavy atom. The first kappa shape index (κ1) is 11.6. The van der Waals surface area contributed by atoms with Crippen molar-refractivity contribution in [2.45, 2.75) is 48.5 Å². The summed E-state index contributed by atoms with van der Waals surface area (Å²) < 4.78 is 3.29. The molecule has 0 rings (SSSR count). The van der Waals surface area contributed by atoms with Crippen molar-refractivity contribution in [2.24, 2.45) is 0 Å². The summed E-state index contributed by atoms with van der Waals surface area (Å²) in [5.74, 6) is 0. The second kappa shape index (κ2) is 10.6. The van der Waals surface area contributed by atoms with Crippen LogP contribution in [0.25, 0.3) is 0 Å². The Morgan fingerprint density at radius 2 is 1.20 bits per heavy atom. The van der Waals surface area contributed by atoms with Crippen LogP contribution in [0.2, 0.25) is 8.94 Å². The Labute approximate surface area is 81.9 Å². The van der Waals surface area contributed by atoms with Crippen molar-refractivity contribution in [3.63, 3.8) is 0 Å². The average molecular weight is 369 g/mol. The van der Waals surface area contributed by atoms with Gasteiger partial charge >= 0.3 is 82.6 Å². The molecule has 0 saturated carbocycles. The van der Waals surface area contributed by atoms with Gasteiger partial charge in [-0.3, -0.25) is 0 Å². The molecule has 62 valence electrons. The van der Waals surface area contributed by atoms with E-state index in [-0.39, 0.29) is 0 Å². The van der Waals surface area contributed by atoms with Gasteiger partial charge in [-0.15, -0.1) is 0 Å². The Hall–Kier alpha value is 1.58. The van der Waals surface area contributed by atoms with Crippen LogP contribution >= 0.6 is 0 Å². The van der Waals surface area contributed by atoms with E-state index in [4.69, 9.17) is 0 Å². The van der Waals surface area contributed by atoms with Crippen molar-refractivity contribution in [1.82, 2.24) is 0 Å². The van der Waals surface area contributed by atoms with Gasteiger partial charge in [-0.2, -0.15) is 0 Å². The summed E-state index contributed by atoms with van der Waals surface area (Å²) in [6, 6.07) is 0. The van der Waals surface area contributed by atoms with Gasteiger partial charge in [-0.1, -0.05) is 0 Å². The van der Waals surface area contributed by atoms with Gasteiger partial charge in [0.05, 0.1) is 0 Å². The van der Waals surface area contributed by atoms with Gasteiger partial charge < -0.3 is 0 Å². The maximum atomic E-state index is 2.31. The van der Waals surface area contributed by atoms with E-state index in [0.717, 1.165) is 0 Å². The zero-order valence-electron chi connectivity index (χ0n) is 7.06. The van der Waals surface area contributed by atoms with E-state index in [2.05, 4.69) is 13.8 Å². The zero-order chi connectivity index (χ0) is 7.66. The molecule has 0 bridgehead atoms. The topological polar surface area (TPSA) is 0 Å². The molecule has 0 N–H and O–H groups in total. The summed E-state index contributed by atoms with van der Waals surface area (Å²) in [4.78, 5) is 0. The quantitative estimate of drug-likeness (QED) is 0.478. The summed E-state index contributed by atoms with van der Waals surface area (Å²) in [6.07, 6.45) is 5.90. The minimum atomic E-state index is 0.580. The van der Waals surface area contributed by atoms with Crippen LogP contribution < -0.4 is 0 Å². The molecule has 0 fully saturated rings. The monoisotopic (exact) mass is 374 g/mol. The molecule has 2 heteroatoms. The van der Waals surface area contributed by atoms with Crippen molar-refractivity contribution in [1.29, 1.82) is 0 Å². The summed E-state index contributed by atoms with van der Waals surface area (Å²) in [6.45, 7) is 4.61. The van der Waals surface area contributed by atoms with E-state index >= 15 is 0 Å². The Balaban J connectivity index is 2.65. The van der Waals surface area contributed by atoms with Gasteiger partial charge in [-0.25, -0.2) is 0 Å². The van der Waals surface area contributed by atoms with Gasteiger partial charge in [0, 0.05) is 0 Å². The van der Waals surface area contributed by atoms with Crippen LogP contribution in [0.15, 0.2) is 0 Å². The summed E-state index contributed by atoms with van der Waals surface area (Å²) in [5.41, 5.74) is 0. The van der Waals surface area contributed by atoms with Gasteiger partial charge in [0.15, 0.2) is 0 Å². The molecule has 0 saturated heterocycles. The molecule has 0 aliphatic heterocycles. The van der Waals surface area contributed by atoms with Crippen LogP contribution in [0, 0.1) is 0 Å². The van der Waals surface area contributed by atoms with E-state index in [1.54, 1.807) is 8.94 Å². The molecule has 0 aromatic heterocycles. The third-order valence-corrected chi connectivity index (χ3v) is 13.9. The first-order valence-corrected chi connectivity index (χ1v) is 14.8. The van der Waals surface area contributed by atoms with Crippen molar-refractivity contribution in [3.8, 4) is 0 Å². The van der Waals surface area contributed by atoms with Crippen molar-refractivity contribution in [2.75, 3.05) is 0 Å². The molecule has 10 heavy (non-hydrogen) atoms. The van der Waals surface area contributed by atoms with Crippen molar-refractivity contribution >= 4 is 34.1 Å². The molecular formula is C8H18Te2. The van der Waals surface area contributed by atoms with E-state index in [1.165, 1.54) is 25.7 Å². The number of hydrogen-bond donors (Lipinski definition) is 0. The third kappa shape index (κ3) is 9.58. The number of hydrogen-bond acceptors (Lipinski definition) is 0. The standard InChI is InChI=1S/C8H18Te2/c1-3-5-7-9-10-8-6-4-2/h3-8H2,1-2H3. The maximum absolute atomic E-state index is 2.31. The van der Waals surface area contributed by atoms with Crippen LogP contribution in [0.4, 0.5) is 0 Å². The zero-order valence-corrected chi connectivity index (χ0v) is 11.7. The van der Waals surface area contributed by atoms with E-state index in [9.17, 15) is 0 Å². The Morgan fingerprint density at radius 3 is 1.50 bits per heavy atom. The molecule has 0 spiro atoms. The molecule has 0 atom stereocenters. The summed E-state index contributed by atoms with van der Waals surface area (Å²) in [5, 5.41) is 0. The first-order valence-electron chi connectivity index (χ1n) is 4.16. The summed E-state index contributed by atoms with van der Waals surface area (Å²) >= 11 is 1.16. The second-order valence-corrected chi connectivity index (χ2v) is 15.1. The predicted octanol–water partition coefficient (Wildman–Crippen LogP) is 2.75. The Kier molecular flexibility index (Phi) is 12.2. The fourth-order valence-corrected chi connectivity index (χ4v) is 12.5.